The molecule has 0 bridgehead atoms. The lowest BCUT2D eigenvalue weighted by Crippen LogP contribution is -2.34. The lowest BCUT2D eigenvalue weighted by molar-refractivity contribution is -0.140. The summed E-state index contributed by atoms with van der Waals surface area (Å²) in [6.07, 6.45) is -4.92. The van der Waals surface area contributed by atoms with Gasteiger partial charge in [-0.1, -0.05) is 0 Å². The van der Waals surface area contributed by atoms with Crippen molar-refractivity contribution in [3.8, 4) is 0 Å². The summed E-state index contributed by atoms with van der Waals surface area (Å²) in [6.45, 7) is 0.192. The Labute approximate surface area is 105 Å². The van der Waals surface area contributed by atoms with Gasteiger partial charge in [-0.15, -0.1) is 0 Å². The van der Waals surface area contributed by atoms with Gasteiger partial charge in [-0.05, 0) is 18.2 Å². The highest BCUT2D eigenvalue weighted by molar-refractivity contribution is 5.95. The van der Waals surface area contributed by atoms with Gasteiger partial charge in [0, 0.05) is 12.6 Å². The summed E-state index contributed by atoms with van der Waals surface area (Å²) in [6, 6.07) is 1.85. The van der Waals surface area contributed by atoms with Gasteiger partial charge < -0.3 is 10.0 Å². The maximum Gasteiger partial charge on any atom is 0.419 e. The van der Waals surface area contributed by atoms with Crippen LogP contribution in [-0.4, -0.2) is 23.5 Å². The van der Waals surface area contributed by atoms with Crippen molar-refractivity contribution in [1.29, 1.82) is 0 Å². The lowest BCUT2D eigenvalue weighted by Gasteiger charge is -2.20. The van der Waals surface area contributed by atoms with E-state index < -0.39 is 36.0 Å². The summed E-state index contributed by atoms with van der Waals surface area (Å²) in [5.41, 5.74) is -1.88. The van der Waals surface area contributed by atoms with E-state index in [0.29, 0.717) is 17.0 Å². The third kappa shape index (κ3) is 3.67. The normalized spacial score (nSPS) is 11.2. The molecule has 0 atom stereocenters. The fourth-order valence-corrected chi connectivity index (χ4v) is 1.42. The predicted octanol–water partition coefficient (Wildman–Crippen LogP) is 2.28. The molecule has 0 heterocycles. The van der Waals surface area contributed by atoms with Gasteiger partial charge in [-0.3, -0.25) is 9.59 Å². The van der Waals surface area contributed by atoms with E-state index in [1.807, 2.05) is 0 Å². The standard InChI is InChI=1S/C11H9F4NO3/c1-6(17)16(5-10(18)19)7-2-3-9(12)8(4-7)11(13,14)15/h2-4H,5H2,1H3,(H,18,19). The van der Waals surface area contributed by atoms with Gasteiger partial charge in [0.05, 0.1) is 5.56 Å². The largest absolute Gasteiger partial charge is 0.480 e. The second-order valence-corrected chi connectivity index (χ2v) is 3.66. The molecule has 0 saturated carbocycles. The van der Waals surface area contributed by atoms with Gasteiger partial charge in [0.15, 0.2) is 0 Å². The maximum absolute atomic E-state index is 13.1. The van der Waals surface area contributed by atoms with Gasteiger partial charge >= 0.3 is 12.1 Å². The number of rotatable bonds is 3. The Kier molecular flexibility index (Phi) is 4.13. The van der Waals surface area contributed by atoms with Crippen molar-refractivity contribution >= 4 is 17.6 Å². The number of halogens is 4. The number of nitrogens with zero attached hydrogens (tertiary/aromatic N) is 1. The first kappa shape index (κ1) is 14.9. The molecule has 0 radical (unpaired) electrons. The number of hydrogen-bond donors (Lipinski definition) is 1. The minimum Gasteiger partial charge on any atom is -0.480 e. The van der Waals surface area contributed by atoms with E-state index in [2.05, 4.69) is 0 Å². The van der Waals surface area contributed by atoms with Crippen molar-refractivity contribution in [2.24, 2.45) is 0 Å². The monoisotopic (exact) mass is 279 g/mol. The third-order valence-electron chi connectivity index (χ3n) is 2.24. The Morgan fingerprint density at radius 1 is 1.32 bits per heavy atom. The van der Waals surface area contributed by atoms with Crippen LogP contribution in [0.3, 0.4) is 0 Å². The molecule has 104 valence electrons. The second kappa shape index (κ2) is 5.25. The van der Waals surface area contributed by atoms with Crippen LogP contribution in [0.1, 0.15) is 12.5 Å². The Bertz CT molecular complexity index is 513. The summed E-state index contributed by atoms with van der Waals surface area (Å²) in [4.78, 5) is 22.4. The molecule has 0 aromatic heterocycles. The molecule has 1 aromatic carbocycles. The molecule has 0 aliphatic rings. The summed E-state index contributed by atoms with van der Waals surface area (Å²) < 4.78 is 50.5. The third-order valence-corrected chi connectivity index (χ3v) is 2.24. The number of carbonyl (C=O) groups excluding carboxylic acids is 1. The Morgan fingerprint density at radius 2 is 1.89 bits per heavy atom. The quantitative estimate of drug-likeness (QED) is 0.863. The number of benzene rings is 1. The first-order valence-electron chi connectivity index (χ1n) is 4.99. The molecule has 1 rings (SSSR count). The summed E-state index contributed by atoms with van der Waals surface area (Å²) in [5.74, 6) is -3.65. The molecule has 1 N–H and O–H groups in total. The van der Waals surface area contributed by atoms with Crippen molar-refractivity contribution in [2.75, 3.05) is 11.4 Å². The van der Waals surface area contributed by atoms with Crippen molar-refractivity contribution in [2.45, 2.75) is 13.1 Å². The van der Waals surface area contributed by atoms with E-state index in [9.17, 15) is 27.2 Å². The van der Waals surface area contributed by atoms with E-state index in [1.54, 1.807) is 0 Å². The zero-order valence-corrected chi connectivity index (χ0v) is 9.66. The Morgan fingerprint density at radius 3 is 2.32 bits per heavy atom. The molecule has 0 aliphatic carbocycles. The zero-order chi connectivity index (χ0) is 14.8. The zero-order valence-electron chi connectivity index (χ0n) is 9.66. The predicted molar refractivity (Wildman–Crippen MR) is 57.1 cm³/mol. The van der Waals surface area contributed by atoms with Crippen LogP contribution in [0.15, 0.2) is 18.2 Å². The molecule has 0 fully saturated rings. The highest BCUT2D eigenvalue weighted by Crippen LogP contribution is 2.33. The topological polar surface area (TPSA) is 57.6 Å². The fourth-order valence-electron chi connectivity index (χ4n) is 1.42. The summed E-state index contributed by atoms with van der Waals surface area (Å²) in [5, 5.41) is 8.59. The number of alkyl halides is 3. The van der Waals surface area contributed by atoms with Gasteiger partial charge in [0.1, 0.15) is 12.4 Å². The van der Waals surface area contributed by atoms with Crippen LogP contribution in [0.4, 0.5) is 23.2 Å². The van der Waals surface area contributed by atoms with E-state index in [0.717, 1.165) is 13.0 Å². The Balaban J connectivity index is 3.26. The van der Waals surface area contributed by atoms with Gasteiger partial charge in [0.2, 0.25) is 5.91 Å². The minimum atomic E-state index is -4.92. The van der Waals surface area contributed by atoms with Gasteiger partial charge in [0.25, 0.3) is 0 Å². The van der Waals surface area contributed by atoms with Crippen LogP contribution in [0.2, 0.25) is 0 Å². The van der Waals surface area contributed by atoms with Crippen LogP contribution in [0.25, 0.3) is 0 Å². The molecule has 0 saturated heterocycles. The molecule has 0 unspecified atom stereocenters. The molecular formula is C11H9F4NO3. The average Bonchev–Trinajstić information content (AvgIpc) is 2.24. The van der Waals surface area contributed by atoms with Crippen LogP contribution >= 0.6 is 0 Å². The average molecular weight is 279 g/mol. The van der Waals surface area contributed by atoms with E-state index >= 15 is 0 Å². The fraction of sp³-hybridized carbons (Fsp3) is 0.273. The van der Waals surface area contributed by atoms with Crippen LogP contribution in [0.5, 0.6) is 0 Å². The number of carboxylic acid groups (broad SMARTS) is 1. The molecule has 19 heavy (non-hydrogen) atoms. The first-order chi connectivity index (χ1) is 8.62. The molecule has 1 aromatic rings. The van der Waals surface area contributed by atoms with Crippen LogP contribution in [-0.2, 0) is 15.8 Å². The Hall–Kier alpha value is -2.12. The minimum absolute atomic E-state index is 0.330. The molecule has 4 nitrogen and oxygen atoms in total. The number of hydrogen-bond acceptors (Lipinski definition) is 2. The number of amides is 1. The number of anilines is 1. The van der Waals surface area contributed by atoms with E-state index in [4.69, 9.17) is 5.11 Å². The van der Waals surface area contributed by atoms with E-state index in [-0.39, 0.29) is 5.69 Å². The van der Waals surface area contributed by atoms with Crippen LogP contribution < -0.4 is 4.90 Å². The molecule has 0 spiro atoms. The second-order valence-electron chi connectivity index (χ2n) is 3.66. The number of aliphatic carboxylic acids is 1. The molecule has 8 heteroatoms. The van der Waals surface area contributed by atoms with Crippen molar-refractivity contribution in [3.05, 3.63) is 29.6 Å². The first-order valence-corrected chi connectivity index (χ1v) is 4.99. The van der Waals surface area contributed by atoms with Gasteiger partial charge in [-0.25, -0.2) is 4.39 Å². The smallest absolute Gasteiger partial charge is 0.419 e. The van der Waals surface area contributed by atoms with Gasteiger partial charge in [-0.2, -0.15) is 13.2 Å². The highest BCUT2D eigenvalue weighted by Gasteiger charge is 2.35. The lowest BCUT2D eigenvalue weighted by atomic mass is 10.1. The van der Waals surface area contributed by atoms with E-state index in [1.165, 1.54) is 0 Å². The highest BCUT2D eigenvalue weighted by atomic mass is 19.4. The van der Waals surface area contributed by atoms with Crippen molar-refractivity contribution in [1.82, 2.24) is 0 Å². The van der Waals surface area contributed by atoms with Crippen molar-refractivity contribution < 1.29 is 32.3 Å². The maximum atomic E-state index is 13.1. The van der Waals surface area contributed by atoms with Crippen molar-refractivity contribution in [3.63, 3.8) is 0 Å². The summed E-state index contributed by atoms with van der Waals surface area (Å²) in [7, 11) is 0. The molecule has 1 amide bonds. The number of carbonyl (C=O) groups is 2. The van der Waals surface area contributed by atoms with Crippen LogP contribution in [0, 0.1) is 5.82 Å². The SMILES string of the molecule is CC(=O)N(CC(=O)O)c1ccc(F)c(C(F)(F)F)c1. The molecule has 0 aliphatic heterocycles. The number of carboxylic acids is 1. The molecular weight excluding hydrogens is 270 g/mol. The summed E-state index contributed by atoms with van der Waals surface area (Å²) >= 11 is 0.